The standard InChI is InChI=1S/C24H40IO4P/c1-2-3-4-5-6-7-8-9-10-11-12-13-14-15-16-17-18-22-19-20-23(28-25)24(21-22)29-30(26)27/h19-21H,2-18H2,1H3/p+1. The van der Waals surface area contributed by atoms with Crippen molar-refractivity contribution in [3.8, 4) is 11.5 Å². The van der Waals surface area contributed by atoms with Gasteiger partial charge in [-0.1, -0.05) is 109 Å². The summed E-state index contributed by atoms with van der Waals surface area (Å²) < 4.78 is 21.0. The number of hydrogen-bond donors (Lipinski definition) is 1. The van der Waals surface area contributed by atoms with Crippen LogP contribution in [0.2, 0.25) is 0 Å². The summed E-state index contributed by atoms with van der Waals surface area (Å²) in [4.78, 5) is 8.97. The van der Waals surface area contributed by atoms with Crippen LogP contribution >= 0.6 is 31.3 Å². The van der Waals surface area contributed by atoms with Crippen molar-refractivity contribution in [1.82, 2.24) is 0 Å². The predicted octanol–water partition coefficient (Wildman–Crippen LogP) is 9.25. The molecule has 0 aliphatic rings. The van der Waals surface area contributed by atoms with Crippen molar-refractivity contribution in [3.63, 3.8) is 0 Å². The van der Waals surface area contributed by atoms with Crippen LogP contribution in [0.25, 0.3) is 0 Å². The van der Waals surface area contributed by atoms with E-state index in [1.54, 1.807) is 29.1 Å². The zero-order chi connectivity index (χ0) is 21.9. The molecule has 6 heteroatoms. The molecule has 0 bridgehead atoms. The minimum Gasteiger partial charge on any atom is -0.423 e. The van der Waals surface area contributed by atoms with Crippen molar-refractivity contribution >= 4 is 31.3 Å². The Hall–Kier alpha value is -0.390. The first kappa shape index (κ1) is 27.6. The van der Waals surface area contributed by atoms with Crippen LogP contribution < -0.4 is 7.59 Å². The summed E-state index contributed by atoms with van der Waals surface area (Å²) in [5.74, 6) is 0.811. The Kier molecular flexibility index (Phi) is 17.8. The van der Waals surface area contributed by atoms with Crippen LogP contribution in [-0.2, 0) is 11.0 Å². The fraction of sp³-hybridized carbons (Fsp3) is 0.750. The summed E-state index contributed by atoms with van der Waals surface area (Å²) >= 11 is 1.75. The second-order valence-corrected chi connectivity index (χ2v) is 9.34. The van der Waals surface area contributed by atoms with Crippen molar-refractivity contribution in [2.45, 2.75) is 116 Å². The average molecular weight is 551 g/mol. The Balaban J connectivity index is 1.96. The molecule has 1 N–H and O–H groups in total. The normalized spacial score (nSPS) is 11.5. The summed E-state index contributed by atoms with van der Waals surface area (Å²) in [7, 11) is -2.68. The highest BCUT2D eigenvalue weighted by molar-refractivity contribution is 14.1. The van der Waals surface area contributed by atoms with Gasteiger partial charge in [0.05, 0.1) is 0 Å². The van der Waals surface area contributed by atoms with Crippen molar-refractivity contribution in [1.29, 1.82) is 0 Å². The van der Waals surface area contributed by atoms with Gasteiger partial charge in [0.2, 0.25) is 5.75 Å². The molecule has 0 spiro atoms. The third-order valence-corrected chi connectivity index (χ3v) is 6.41. The molecule has 1 atom stereocenters. The average Bonchev–Trinajstić information content (AvgIpc) is 2.73. The first-order chi connectivity index (χ1) is 14.7. The number of rotatable bonds is 20. The summed E-state index contributed by atoms with van der Waals surface area (Å²) in [6.07, 6.45) is 22.8. The second-order valence-electron chi connectivity index (χ2n) is 8.24. The first-order valence-electron chi connectivity index (χ1n) is 11.9. The molecule has 0 amide bonds. The topological polar surface area (TPSA) is 55.8 Å². The molecule has 0 aliphatic carbocycles. The Morgan fingerprint density at radius 3 is 1.67 bits per heavy atom. The lowest BCUT2D eigenvalue weighted by Crippen LogP contribution is -1.90. The summed E-state index contributed by atoms with van der Waals surface area (Å²) in [5, 5.41) is 0. The van der Waals surface area contributed by atoms with Crippen LogP contribution in [0.15, 0.2) is 18.2 Å². The molecule has 4 nitrogen and oxygen atoms in total. The van der Waals surface area contributed by atoms with Gasteiger partial charge < -0.3 is 3.07 Å². The van der Waals surface area contributed by atoms with Crippen LogP contribution in [0, 0.1) is 0 Å². The highest BCUT2D eigenvalue weighted by Crippen LogP contribution is 2.35. The largest absolute Gasteiger partial charge is 0.747 e. The zero-order valence-corrected chi connectivity index (χ0v) is 21.8. The quantitative estimate of drug-likeness (QED) is 0.0997. The molecular formula is C24H41IO4P+. The van der Waals surface area contributed by atoms with Crippen LogP contribution in [0.5, 0.6) is 11.5 Å². The van der Waals surface area contributed by atoms with Crippen molar-refractivity contribution < 1.29 is 17.0 Å². The highest BCUT2D eigenvalue weighted by atomic mass is 127. The maximum Gasteiger partial charge on any atom is 0.747 e. The van der Waals surface area contributed by atoms with Crippen LogP contribution in [-0.4, -0.2) is 4.89 Å². The van der Waals surface area contributed by atoms with E-state index in [1.807, 2.05) is 12.1 Å². The minimum absolute atomic E-state index is 0.335. The smallest absolute Gasteiger partial charge is 0.423 e. The molecule has 172 valence electrons. The molecule has 0 saturated carbocycles. The van der Waals surface area contributed by atoms with Gasteiger partial charge in [0, 0.05) is 4.57 Å². The fourth-order valence-corrected chi connectivity index (χ4v) is 4.48. The van der Waals surface area contributed by atoms with Gasteiger partial charge in [-0.05, 0) is 30.5 Å². The SMILES string of the molecule is CCCCCCCCCCCCCCCCCCc1ccc(OI)c(O[P+](=O)O)c1. The molecule has 1 unspecified atom stereocenters. The van der Waals surface area contributed by atoms with Crippen molar-refractivity contribution in [2.75, 3.05) is 0 Å². The van der Waals surface area contributed by atoms with Gasteiger partial charge in [0.15, 0.2) is 28.8 Å². The van der Waals surface area contributed by atoms with Gasteiger partial charge in [-0.3, -0.25) is 0 Å². The third kappa shape index (κ3) is 14.6. The molecule has 1 aromatic carbocycles. The van der Waals surface area contributed by atoms with Gasteiger partial charge in [-0.2, -0.15) is 0 Å². The zero-order valence-electron chi connectivity index (χ0n) is 18.8. The molecule has 0 aromatic heterocycles. The van der Waals surface area contributed by atoms with Gasteiger partial charge in [-0.25, -0.2) is 4.52 Å². The molecule has 30 heavy (non-hydrogen) atoms. The van der Waals surface area contributed by atoms with E-state index in [4.69, 9.17) is 12.5 Å². The van der Waals surface area contributed by atoms with Gasteiger partial charge in [0.25, 0.3) is 0 Å². The van der Waals surface area contributed by atoms with E-state index in [0.717, 1.165) is 18.4 Å². The predicted molar refractivity (Wildman–Crippen MR) is 135 cm³/mol. The molecule has 0 saturated heterocycles. The molecule has 1 rings (SSSR count). The van der Waals surface area contributed by atoms with E-state index in [1.165, 1.54) is 96.3 Å². The molecular weight excluding hydrogens is 510 g/mol. The maximum atomic E-state index is 10.9. The van der Waals surface area contributed by atoms with E-state index >= 15 is 0 Å². The van der Waals surface area contributed by atoms with E-state index < -0.39 is 8.25 Å². The van der Waals surface area contributed by atoms with Gasteiger partial charge in [-0.15, -0.1) is 4.89 Å². The van der Waals surface area contributed by atoms with E-state index in [9.17, 15) is 4.57 Å². The highest BCUT2D eigenvalue weighted by Gasteiger charge is 2.19. The monoisotopic (exact) mass is 551 g/mol. The van der Waals surface area contributed by atoms with Gasteiger partial charge >= 0.3 is 8.25 Å². The molecule has 0 heterocycles. The van der Waals surface area contributed by atoms with E-state index in [0.29, 0.717) is 11.5 Å². The second kappa shape index (κ2) is 19.3. The fourth-order valence-electron chi connectivity index (χ4n) is 3.80. The van der Waals surface area contributed by atoms with Crippen LogP contribution in [0.3, 0.4) is 0 Å². The van der Waals surface area contributed by atoms with Crippen molar-refractivity contribution in [3.05, 3.63) is 23.8 Å². The van der Waals surface area contributed by atoms with Gasteiger partial charge in [0.1, 0.15) is 0 Å². The summed E-state index contributed by atoms with van der Waals surface area (Å²) in [6, 6.07) is 5.60. The number of benzene rings is 1. The Bertz CT molecular complexity index is 568. The Morgan fingerprint density at radius 1 is 0.767 bits per heavy atom. The van der Waals surface area contributed by atoms with E-state index in [2.05, 4.69) is 6.92 Å². The van der Waals surface area contributed by atoms with Crippen LogP contribution in [0.4, 0.5) is 0 Å². The molecule has 1 aromatic rings. The molecule has 0 fully saturated rings. The lowest BCUT2D eigenvalue weighted by atomic mass is 10.0. The van der Waals surface area contributed by atoms with Crippen molar-refractivity contribution in [2.24, 2.45) is 0 Å². The number of hydrogen-bond acceptors (Lipinski definition) is 3. The summed E-state index contributed by atoms with van der Waals surface area (Å²) in [6.45, 7) is 2.28. The lowest BCUT2D eigenvalue weighted by molar-refractivity contribution is 0.405. The summed E-state index contributed by atoms with van der Waals surface area (Å²) in [5.41, 5.74) is 1.12. The minimum atomic E-state index is -2.68. The maximum absolute atomic E-state index is 10.9. The first-order valence-corrected chi connectivity index (χ1v) is 13.9. The Morgan fingerprint density at radius 2 is 1.23 bits per heavy atom. The molecule has 0 aliphatic heterocycles. The lowest BCUT2D eigenvalue weighted by Gasteiger charge is -2.06. The number of unbranched alkanes of at least 4 members (excludes halogenated alkanes) is 15. The Labute approximate surface area is 199 Å². The molecule has 0 radical (unpaired) electrons. The number of aryl methyl sites for hydroxylation is 1. The van der Waals surface area contributed by atoms with Crippen LogP contribution in [0.1, 0.15) is 115 Å². The van der Waals surface area contributed by atoms with E-state index in [-0.39, 0.29) is 0 Å². The third-order valence-electron chi connectivity index (χ3n) is 5.59. The number of halogens is 1.